The fraction of sp³-hybridized carbons (Fsp3) is 0.0938. The molecule has 12 aromatic rings. The van der Waals surface area contributed by atoms with Crippen LogP contribution in [0.3, 0.4) is 0 Å². The largest absolute Gasteiger partial charge is 0.134 e. The summed E-state index contributed by atoms with van der Waals surface area (Å²) in [5.41, 5.74) is 21.2. The molecule has 2 heteroatoms. The van der Waals surface area contributed by atoms with Gasteiger partial charge in [-0.1, -0.05) is 185 Å². The van der Waals surface area contributed by atoms with E-state index in [0.29, 0.717) is 0 Å². The molecule has 10 aromatic carbocycles. The molecule has 0 N–H and O–H groups in total. The summed E-state index contributed by atoms with van der Waals surface area (Å²) in [6.45, 7) is 9.47. The molecule has 0 saturated heterocycles. The van der Waals surface area contributed by atoms with Crippen molar-refractivity contribution in [2.75, 3.05) is 0 Å². The Labute approximate surface area is 393 Å². The second-order valence-corrected chi connectivity index (χ2v) is 21.7. The summed E-state index contributed by atoms with van der Waals surface area (Å²) in [7, 11) is 0. The maximum absolute atomic E-state index is 2.45. The van der Waals surface area contributed by atoms with Gasteiger partial charge in [0.25, 0.3) is 0 Å². The predicted molar refractivity (Wildman–Crippen MR) is 287 cm³/mol. The predicted octanol–water partition coefficient (Wildman–Crippen LogP) is 18.9. The van der Waals surface area contributed by atoms with Crippen molar-refractivity contribution in [1.82, 2.24) is 0 Å². The van der Waals surface area contributed by atoms with Crippen LogP contribution in [0.25, 0.3) is 118 Å². The third-order valence-corrected chi connectivity index (χ3v) is 17.9. The molecular weight excluding hydrogens is 833 g/mol. The Balaban J connectivity index is 0.840. The summed E-state index contributed by atoms with van der Waals surface area (Å²) in [4.78, 5) is 0. The van der Waals surface area contributed by atoms with Crippen LogP contribution in [-0.4, -0.2) is 0 Å². The van der Waals surface area contributed by atoms with Crippen LogP contribution in [0.4, 0.5) is 0 Å². The zero-order valence-corrected chi connectivity index (χ0v) is 38.9. The summed E-state index contributed by atoms with van der Waals surface area (Å²) in [6, 6.07) is 73.7. The molecule has 0 radical (unpaired) electrons. The molecule has 0 aliphatic heterocycles. The molecule has 0 amide bonds. The summed E-state index contributed by atoms with van der Waals surface area (Å²) in [5.74, 6) is 0. The van der Waals surface area contributed by atoms with Gasteiger partial charge in [-0.25, -0.2) is 0 Å². The van der Waals surface area contributed by atoms with Crippen molar-refractivity contribution in [2.24, 2.45) is 0 Å². The lowest BCUT2D eigenvalue weighted by molar-refractivity contribution is 0.660. The molecule has 0 fully saturated rings. The summed E-state index contributed by atoms with van der Waals surface area (Å²) in [5, 5.41) is 7.84. The van der Waals surface area contributed by atoms with Gasteiger partial charge >= 0.3 is 0 Å². The highest BCUT2D eigenvalue weighted by atomic mass is 32.1. The fourth-order valence-corrected chi connectivity index (χ4v) is 14.5. The molecule has 66 heavy (non-hydrogen) atoms. The molecule has 0 unspecified atom stereocenters. The van der Waals surface area contributed by atoms with Gasteiger partial charge in [0.1, 0.15) is 0 Å². The van der Waals surface area contributed by atoms with E-state index >= 15 is 0 Å². The molecule has 0 spiro atoms. The standard InChI is InChI=1S/C64H44S2/c1-63(2)55-19-11-9-17-49(55)51-25-21-39(35-57(51)63)43-29-27-41(45-13-5-7-15-47(43)45)37-23-31-59-53(33-37)61-62(65-59)54-34-38(24-32-60(54)66-61)42-28-30-44(48-16-8-6-14-46(42)48)40-22-26-52-50-18-10-12-20-56(50)64(3,4)58(52)36-40/h5-36H,1-4H3. The zero-order chi connectivity index (χ0) is 44.1. The van der Waals surface area contributed by atoms with Gasteiger partial charge in [-0.05, 0) is 147 Å². The summed E-state index contributed by atoms with van der Waals surface area (Å²) < 4.78 is 5.44. The van der Waals surface area contributed by atoms with Crippen LogP contribution < -0.4 is 0 Å². The van der Waals surface area contributed by atoms with Gasteiger partial charge in [-0.2, -0.15) is 0 Å². The van der Waals surface area contributed by atoms with E-state index in [2.05, 4.69) is 222 Å². The zero-order valence-electron chi connectivity index (χ0n) is 37.3. The minimum absolute atomic E-state index is 0.0389. The minimum Gasteiger partial charge on any atom is -0.134 e. The Hall–Kier alpha value is -7.10. The van der Waals surface area contributed by atoms with E-state index < -0.39 is 0 Å². The molecule has 0 atom stereocenters. The number of thiophene rings is 2. The van der Waals surface area contributed by atoms with Gasteiger partial charge in [0.05, 0.1) is 9.40 Å². The molecule has 2 aliphatic rings. The maximum atomic E-state index is 2.45. The highest BCUT2D eigenvalue weighted by Gasteiger charge is 2.36. The van der Waals surface area contributed by atoms with Crippen LogP contribution >= 0.6 is 22.7 Å². The monoisotopic (exact) mass is 876 g/mol. The highest BCUT2D eigenvalue weighted by Crippen LogP contribution is 2.53. The van der Waals surface area contributed by atoms with E-state index in [1.807, 2.05) is 22.7 Å². The Kier molecular flexibility index (Phi) is 7.94. The number of hydrogen-bond acceptors (Lipinski definition) is 2. The molecule has 0 nitrogen and oxygen atoms in total. The minimum atomic E-state index is -0.0389. The van der Waals surface area contributed by atoms with Crippen LogP contribution in [0.1, 0.15) is 49.9 Å². The van der Waals surface area contributed by atoms with Crippen LogP contribution in [0.2, 0.25) is 0 Å². The first-order chi connectivity index (χ1) is 32.2. The average Bonchev–Trinajstić information content (AvgIpc) is 4.04. The van der Waals surface area contributed by atoms with Crippen molar-refractivity contribution in [3.63, 3.8) is 0 Å². The van der Waals surface area contributed by atoms with Crippen molar-refractivity contribution in [3.05, 3.63) is 216 Å². The van der Waals surface area contributed by atoms with E-state index in [0.717, 1.165) is 0 Å². The van der Waals surface area contributed by atoms with Crippen molar-refractivity contribution in [1.29, 1.82) is 0 Å². The van der Waals surface area contributed by atoms with Crippen LogP contribution in [-0.2, 0) is 10.8 Å². The molecule has 312 valence electrons. The van der Waals surface area contributed by atoms with E-state index in [1.54, 1.807) is 0 Å². The van der Waals surface area contributed by atoms with Gasteiger partial charge in [0, 0.05) is 31.0 Å². The number of hydrogen-bond donors (Lipinski definition) is 0. The van der Waals surface area contributed by atoms with Gasteiger partial charge in [0.15, 0.2) is 0 Å². The molecule has 2 heterocycles. The fourth-order valence-electron chi connectivity index (χ4n) is 11.9. The van der Waals surface area contributed by atoms with Gasteiger partial charge in [-0.3, -0.25) is 0 Å². The van der Waals surface area contributed by atoms with Gasteiger partial charge < -0.3 is 0 Å². The lowest BCUT2D eigenvalue weighted by atomic mass is 9.81. The first kappa shape index (κ1) is 38.2. The maximum Gasteiger partial charge on any atom is 0.0542 e. The van der Waals surface area contributed by atoms with E-state index in [1.165, 1.54) is 140 Å². The van der Waals surface area contributed by atoms with E-state index in [9.17, 15) is 0 Å². The second-order valence-electron chi connectivity index (χ2n) is 19.6. The second kappa shape index (κ2) is 13.7. The number of fused-ring (bicyclic) bond motifs is 13. The third kappa shape index (κ3) is 5.32. The highest BCUT2D eigenvalue weighted by molar-refractivity contribution is 7.36. The summed E-state index contributed by atoms with van der Waals surface area (Å²) >= 11 is 3.87. The lowest BCUT2D eigenvalue weighted by Gasteiger charge is -2.22. The van der Waals surface area contributed by atoms with Crippen LogP contribution in [0.5, 0.6) is 0 Å². The molecule has 0 saturated carbocycles. The van der Waals surface area contributed by atoms with Crippen molar-refractivity contribution < 1.29 is 0 Å². The molecule has 2 aliphatic carbocycles. The van der Waals surface area contributed by atoms with E-state index in [-0.39, 0.29) is 10.8 Å². The van der Waals surface area contributed by atoms with Crippen LogP contribution in [0.15, 0.2) is 194 Å². The molecule has 14 rings (SSSR count). The lowest BCUT2D eigenvalue weighted by Crippen LogP contribution is -2.14. The number of rotatable bonds is 4. The van der Waals surface area contributed by atoms with Crippen LogP contribution in [0, 0.1) is 0 Å². The Morgan fingerprint density at radius 2 is 0.561 bits per heavy atom. The Morgan fingerprint density at radius 3 is 0.955 bits per heavy atom. The summed E-state index contributed by atoms with van der Waals surface area (Å²) in [6.07, 6.45) is 0. The molecule has 0 bridgehead atoms. The normalized spacial score (nSPS) is 14.3. The SMILES string of the molecule is CC1(C)c2ccccc2-c2ccc(-c3ccc(-c4ccc5sc6c7cc(-c8ccc(-c9ccc%10c(c9)C(C)(C)c9ccccc9-%10)c9ccccc89)ccc7sc6c5c4)c4ccccc34)cc21. The van der Waals surface area contributed by atoms with Crippen molar-refractivity contribution in [2.45, 2.75) is 38.5 Å². The molecular formula is C64H44S2. The van der Waals surface area contributed by atoms with Crippen molar-refractivity contribution in [3.8, 4) is 66.8 Å². The third-order valence-electron chi connectivity index (χ3n) is 15.3. The quantitative estimate of drug-likeness (QED) is 0.165. The van der Waals surface area contributed by atoms with E-state index in [4.69, 9.17) is 0 Å². The molecule has 2 aromatic heterocycles. The Morgan fingerprint density at radius 1 is 0.258 bits per heavy atom. The Bertz CT molecular complexity index is 3790. The smallest absolute Gasteiger partial charge is 0.0542 e. The van der Waals surface area contributed by atoms with Crippen molar-refractivity contribution >= 4 is 73.8 Å². The average molecular weight is 877 g/mol. The van der Waals surface area contributed by atoms with Gasteiger partial charge in [-0.15, -0.1) is 22.7 Å². The topological polar surface area (TPSA) is 0 Å². The van der Waals surface area contributed by atoms with Gasteiger partial charge in [0.2, 0.25) is 0 Å². The first-order valence-electron chi connectivity index (χ1n) is 23.1. The number of benzene rings is 10. The first-order valence-corrected chi connectivity index (χ1v) is 24.8.